The highest BCUT2D eigenvalue weighted by Gasteiger charge is 2.35. The van der Waals surface area contributed by atoms with E-state index in [9.17, 15) is 4.79 Å². The van der Waals surface area contributed by atoms with Crippen molar-refractivity contribution in [2.24, 2.45) is 5.92 Å². The van der Waals surface area contributed by atoms with Crippen molar-refractivity contribution >= 4 is 33.9 Å². The van der Waals surface area contributed by atoms with E-state index in [4.69, 9.17) is 0 Å². The summed E-state index contributed by atoms with van der Waals surface area (Å²) >= 11 is 3.51. The summed E-state index contributed by atoms with van der Waals surface area (Å²) in [6.07, 6.45) is 8.00. The predicted molar refractivity (Wildman–Crippen MR) is 90.5 cm³/mol. The molecule has 2 aliphatic rings. The minimum Gasteiger partial charge on any atom is -0.334 e. The molecule has 1 fully saturated rings. The van der Waals surface area contributed by atoms with E-state index in [1.165, 1.54) is 9.78 Å². The Hall–Kier alpha value is -1.53. The number of rotatable bonds is 3. The highest BCUT2D eigenvalue weighted by atomic mass is 32.2. The van der Waals surface area contributed by atoms with Gasteiger partial charge in [-0.2, -0.15) is 5.10 Å². The van der Waals surface area contributed by atoms with Gasteiger partial charge in [0.2, 0.25) is 5.91 Å². The zero-order valence-corrected chi connectivity index (χ0v) is 13.7. The van der Waals surface area contributed by atoms with Crippen LogP contribution in [0.15, 0.2) is 36.0 Å². The number of amides is 1. The molecule has 1 saturated heterocycles. The van der Waals surface area contributed by atoms with Crippen LogP contribution in [0.2, 0.25) is 0 Å². The van der Waals surface area contributed by atoms with Crippen LogP contribution in [0.3, 0.4) is 0 Å². The molecular formula is C16H17N3OS2. The van der Waals surface area contributed by atoms with Crippen molar-refractivity contribution in [2.45, 2.75) is 18.9 Å². The van der Waals surface area contributed by atoms with E-state index in [-0.39, 0.29) is 17.9 Å². The molecule has 0 saturated carbocycles. The van der Waals surface area contributed by atoms with Gasteiger partial charge < -0.3 is 4.90 Å². The van der Waals surface area contributed by atoms with Crippen LogP contribution in [0.4, 0.5) is 0 Å². The Kier molecular flexibility index (Phi) is 3.80. The number of carbonyl (C=O) groups is 1. The fraction of sp³-hybridized carbons (Fsp3) is 0.375. The molecule has 4 nitrogen and oxygen atoms in total. The Balaban J connectivity index is 1.52. The molecule has 0 aromatic carbocycles. The molecule has 2 aromatic rings. The van der Waals surface area contributed by atoms with Gasteiger partial charge in [-0.05, 0) is 24.3 Å². The first-order chi connectivity index (χ1) is 10.8. The van der Waals surface area contributed by atoms with E-state index < -0.39 is 0 Å². The van der Waals surface area contributed by atoms with Crippen LogP contribution in [-0.4, -0.2) is 33.3 Å². The second kappa shape index (κ2) is 5.93. The Morgan fingerprint density at radius 3 is 3.18 bits per heavy atom. The van der Waals surface area contributed by atoms with E-state index in [2.05, 4.69) is 38.7 Å². The van der Waals surface area contributed by atoms with E-state index in [1.54, 1.807) is 23.1 Å². The first kappa shape index (κ1) is 14.1. The van der Waals surface area contributed by atoms with Crippen LogP contribution >= 0.6 is 23.1 Å². The monoisotopic (exact) mass is 331 g/mol. The summed E-state index contributed by atoms with van der Waals surface area (Å²) in [5.74, 6) is 1.12. The smallest absolute Gasteiger partial charge is 0.230 e. The largest absolute Gasteiger partial charge is 0.334 e. The van der Waals surface area contributed by atoms with Crippen molar-refractivity contribution in [1.82, 2.24) is 15.1 Å². The zero-order chi connectivity index (χ0) is 14.9. The minimum absolute atomic E-state index is 0.00420. The third-order valence-corrected chi connectivity index (χ3v) is 6.46. The maximum Gasteiger partial charge on any atom is 0.230 e. The zero-order valence-electron chi connectivity index (χ0n) is 12.1. The fourth-order valence-corrected chi connectivity index (χ4v) is 5.20. The number of nitrogens with one attached hydrogen (secondary N) is 1. The SMILES string of the molecule is O=C(C1C=C(c2cn[nH]c2)SC1)N1CCCC1c1cccs1. The summed E-state index contributed by atoms with van der Waals surface area (Å²) in [6, 6.07) is 4.50. The molecule has 114 valence electrons. The molecule has 4 heterocycles. The third kappa shape index (κ3) is 2.50. The van der Waals surface area contributed by atoms with Crippen LogP contribution in [-0.2, 0) is 4.79 Å². The van der Waals surface area contributed by atoms with Gasteiger partial charge in [0.05, 0.1) is 18.2 Å². The fourth-order valence-electron chi connectivity index (χ4n) is 3.19. The van der Waals surface area contributed by atoms with Gasteiger partial charge in [-0.15, -0.1) is 23.1 Å². The number of aromatic amines is 1. The number of aromatic nitrogens is 2. The molecule has 0 bridgehead atoms. The number of likely N-dealkylation sites (tertiary alicyclic amines) is 1. The van der Waals surface area contributed by atoms with Crippen LogP contribution in [0, 0.1) is 5.92 Å². The third-order valence-electron chi connectivity index (χ3n) is 4.28. The van der Waals surface area contributed by atoms with Crippen LogP contribution in [0.5, 0.6) is 0 Å². The average Bonchev–Trinajstić information content (AvgIpc) is 3.35. The number of nitrogens with zero attached hydrogens (tertiary/aromatic N) is 2. The standard InChI is InChI=1S/C16H17N3OS2/c20-16(11-7-15(22-10-11)12-8-17-18-9-12)19-5-1-3-13(19)14-4-2-6-21-14/h2,4,6-9,11,13H,1,3,5,10H2,(H,17,18). The lowest BCUT2D eigenvalue weighted by atomic mass is 10.1. The summed E-state index contributed by atoms with van der Waals surface area (Å²) in [7, 11) is 0. The van der Waals surface area contributed by atoms with E-state index in [0.29, 0.717) is 0 Å². The summed E-state index contributed by atoms with van der Waals surface area (Å²) in [5.41, 5.74) is 1.08. The number of thiophene rings is 1. The second-order valence-corrected chi connectivity index (χ2v) is 7.68. The van der Waals surface area contributed by atoms with Crippen molar-refractivity contribution in [3.05, 3.63) is 46.4 Å². The lowest BCUT2D eigenvalue weighted by Gasteiger charge is -2.26. The molecule has 1 N–H and O–H groups in total. The van der Waals surface area contributed by atoms with Crippen molar-refractivity contribution in [3.63, 3.8) is 0 Å². The number of carbonyl (C=O) groups excluding carboxylic acids is 1. The van der Waals surface area contributed by atoms with Gasteiger partial charge in [-0.3, -0.25) is 9.89 Å². The molecular weight excluding hydrogens is 314 g/mol. The summed E-state index contributed by atoms with van der Waals surface area (Å²) in [4.78, 5) is 17.5. The van der Waals surface area contributed by atoms with Crippen LogP contribution in [0.1, 0.15) is 29.3 Å². The second-order valence-electron chi connectivity index (χ2n) is 5.64. The Morgan fingerprint density at radius 1 is 1.45 bits per heavy atom. The number of hydrogen-bond acceptors (Lipinski definition) is 4. The van der Waals surface area contributed by atoms with Gasteiger partial charge in [-0.1, -0.05) is 12.1 Å². The Bertz CT molecular complexity index is 678. The molecule has 2 atom stereocenters. The quantitative estimate of drug-likeness (QED) is 0.936. The summed E-state index contributed by atoms with van der Waals surface area (Å²) in [6.45, 7) is 0.886. The minimum atomic E-state index is -0.00420. The lowest BCUT2D eigenvalue weighted by molar-refractivity contribution is -0.134. The van der Waals surface area contributed by atoms with Gasteiger partial charge in [0, 0.05) is 33.8 Å². The van der Waals surface area contributed by atoms with Gasteiger partial charge in [0.25, 0.3) is 0 Å². The number of thioether (sulfide) groups is 1. The maximum atomic E-state index is 12.9. The summed E-state index contributed by atoms with van der Waals surface area (Å²) in [5, 5.41) is 8.92. The molecule has 22 heavy (non-hydrogen) atoms. The van der Waals surface area contributed by atoms with Crippen LogP contribution in [0.25, 0.3) is 4.91 Å². The first-order valence-corrected chi connectivity index (χ1v) is 9.37. The van der Waals surface area contributed by atoms with E-state index in [1.807, 2.05) is 12.4 Å². The van der Waals surface area contributed by atoms with Gasteiger partial charge in [-0.25, -0.2) is 0 Å². The molecule has 0 spiro atoms. The highest BCUT2D eigenvalue weighted by molar-refractivity contribution is 8.08. The Morgan fingerprint density at radius 2 is 2.41 bits per heavy atom. The van der Waals surface area contributed by atoms with Gasteiger partial charge >= 0.3 is 0 Å². The topological polar surface area (TPSA) is 49.0 Å². The van der Waals surface area contributed by atoms with Crippen molar-refractivity contribution in [2.75, 3.05) is 12.3 Å². The van der Waals surface area contributed by atoms with Crippen molar-refractivity contribution in [3.8, 4) is 0 Å². The molecule has 6 heteroatoms. The van der Waals surface area contributed by atoms with Crippen molar-refractivity contribution < 1.29 is 4.79 Å². The van der Waals surface area contributed by atoms with E-state index in [0.717, 1.165) is 30.7 Å². The van der Waals surface area contributed by atoms with Crippen LogP contribution < -0.4 is 0 Å². The Labute approximate surface area is 137 Å². The summed E-state index contributed by atoms with van der Waals surface area (Å²) < 4.78 is 0. The molecule has 2 aromatic heterocycles. The molecule has 0 aliphatic carbocycles. The molecule has 2 unspecified atom stereocenters. The lowest BCUT2D eigenvalue weighted by Crippen LogP contribution is -2.35. The molecule has 4 rings (SSSR count). The normalized spacial score (nSPS) is 24.7. The number of hydrogen-bond donors (Lipinski definition) is 1. The molecule has 0 radical (unpaired) electrons. The van der Waals surface area contributed by atoms with Crippen molar-refractivity contribution in [1.29, 1.82) is 0 Å². The molecule has 2 aliphatic heterocycles. The van der Waals surface area contributed by atoms with Gasteiger partial charge in [0.1, 0.15) is 0 Å². The molecule has 1 amide bonds. The highest BCUT2D eigenvalue weighted by Crippen LogP contribution is 2.40. The number of H-pyrrole nitrogens is 1. The predicted octanol–water partition coefficient (Wildman–Crippen LogP) is 3.54. The van der Waals surface area contributed by atoms with Gasteiger partial charge in [0.15, 0.2) is 0 Å². The first-order valence-electron chi connectivity index (χ1n) is 7.50. The van der Waals surface area contributed by atoms with E-state index >= 15 is 0 Å². The average molecular weight is 331 g/mol. The maximum absolute atomic E-state index is 12.9.